The minimum Gasteiger partial charge on any atom is -0.361 e. The van der Waals surface area contributed by atoms with Crippen molar-refractivity contribution in [3.05, 3.63) is 71.4 Å². The fourth-order valence-corrected chi connectivity index (χ4v) is 3.18. The fraction of sp³-hybridized carbons (Fsp3) is 0.286. The summed E-state index contributed by atoms with van der Waals surface area (Å²) in [6.45, 7) is 0.688. The van der Waals surface area contributed by atoms with Crippen LogP contribution in [0.5, 0.6) is 0 Å². The summed E-state index contributed by atoms with van der Waals surface area (Å²) in [5.74, 6) is 0.885. The Labute approximate surface area is 142 Å². The second-order valence-electron chi connectivity index (χ2n) is 6.69. The predicted molar refractivity (Wildman–Crippen MR) is 97.1 cm³/mol. The average Bonchev–Trinajstić information content (AvgIpc) is 3.33. The average molecular weight is 318 g/mol. The second kappa shape index (κ2) is 6.52. The van der Waals surface area contributed by atoms with E-state index in [1.165, 1.54) is 24.0 Å². The van der Waals surface area contributed by atoms with Gasteiger partial charge in [0.2, 0.25) is 5.91 Å². The van der Waals surface area contributed by atoms with Crippen molar-refractivity contribution in [2.24, 2.45) is 0 Å². The van der Waals surface area contributed by atoms with Gasteiger partial charge in [0, 0.05) is 18.3 Å². The number of nitrogens with one attached hydrogen (secondary N) is 2. The number of carbonyl (C=O) groups is 1. The summed E-state index contributed by atoms with van der Waals surface area (Å²) < 4.78 is 0. The molecule has 1 heterocycles. The molecule has 0 spiro atoms. The van der Waals surface area contributed by atoms with Crippen molar-refractivity contribution in [1.29, 1.82) is 0 Å². The predicted octanol–water partition coefficient (Wildman–Crippen LogP) is 3.95. The number of benzene rings is 2. The molecule has 0 aliphatic heterocycles. The number of amides is 1. The summed E-state index contributed by atoms with van der Waals surface area (Å²) in [5.41, 5.74) is 4.90. The van der Waals surface area contributed by atoms with E-state index < -0.39 is 0 Å². The van der Waals surface area contributed by atoms with Crippen LogP contribution in [0.4, 0.5) is 0 Å². The zero-order valence-corrected chi connectivity index (χ0v) is 13.7. The molecule has 3 nitrogen and oxygen atoms in total. The monoisotopic (exact) mass is 318 g/mol. The van der Waals surface area contributed by atoms with Crippen molar-refractivity contribution in [3.8, 4) is 0 Å². The van der Waals surface area contributed by atoms with Gasteiger partial charge in [0.15, 0.2) is 0 Å². The van der Waals surface area contributed by atoms with Crippen LogP contribution in [0.15, 0.2) is 54.7 Å². The van der Waals surface area contributed by atoms with Gasteiger partial charge in [-0.3, -0.25) is 4.79 Å². The van der Waals surface area contributed by atoms with Crippen LogP contribution < -0.4 is 5.32 Å². The molecule has 1 amide bonds. The molecule has 2 N–H and O–H groups in total. The Kier molecular flexibility index (Phi) is 4.08. The van der Waals surface area contributed by atoms with Crippen LogP contribution in [-0.2, 0) is 17.6 Å². The lowest BCUT2D eigenvalue weighted by Crippen LogP contribution is -2.27. The van der Waals surface area contributed by atoms with Crippen molar-refractivity contribution < 1.29 is 4.79 Å². The molecule has 0 saturated heterocycles. The number of carbonyl (C=O) groups excluding carboxylic acids is 1. The molecule has 122 valence electrons. The summed E-state index contributed by atoms with van der Waals surface area (Å²) in [5, 5.41) is 4.17. The van der Waals surface area contributed by atoms with Gasteiger partial charge in [0.25, 0.3) is 0 Å². The number of aromatic amines is 1. The molecule has 1 aliphatic rings. The summed E-state index contributed by atoms with van der Waals surface area (Å²) in [6, 6.07) is 17.0. The number of H-pyrrole nitrogens is 1. The highest BCUT2D eigenvalue weighted by Crippen LogP contribution is 2.39. The van der Waals surface area contributed by atoms with Gasteiger partial charge in [0.05, 0.1) is 6.42 Å². The first-order valence-corrected chi connectivity index (χ1v) is 8.69. The lowest BCUT2D eigenvalue weighted by molar-refractivity contribution is -0.120. The first-order chi connectivity index (χ1) is 11.8. The molecule has 0 atom stereocenters. The van der Waals surface area contributed by atoms with Crippen molar-refractivity contribution in [2.75, 3.05) is 6.54 Å². The Morgan fingerprint density at radius 3 is 2.62 bits per heavy atom. The summed E-state index contributed by atoms with van der Waals surface area (Å²) in [6.07, 6.45) is 5.91. The molecule has 0 radical (unpaired) electrons. The maximum atomic E-state index is 12.1. The van der Waals surface area contributed by atoms with Crippen LogP contribution in [0, 0.1) is 0 Å². The molecule has 24 heavy (non-hydrogen) atoms. The molecule has 0 unspecified atom stereocenters. The third kappa shape index (κ3) is 3.51. The number of hydrogen-bond donors (Lipinski definition) is 2. The van der Waals surface area contributed by atoms with Crippen molar-refractivity contribution in [2.45, 2.75) is 31.6 Å². The zero-order valence-electron chi connectivity index (χ0n) is 13.7. The highest BCUT2D eigenvalue weighted by molar-refractivity contribution is 5.83. The van der Waals surface area contributed by atoms with Crippen LogP contribution in [0.3, 0.4) is 0 Å². The van der Waals surface area contributed by atoms with Crippen LogP contribution in [0.2, 0.25) is 0 Å². The Morgan fingerprint density at radius 2 is 1.83 bits per heavy atom. The van der Waals surface area contributed by atoms with Crippen LogP contribution in [0.1, 0.15) is 35.4 Å². The highest BCUT2D eigenvalue weighted by atomic mass is 16.1. The molecule has 3 heteroatoms. The molecular weight excluding hydrogens is 296 g/mol. The molecule has 4 rings (SSSR count). The second-order valence-corrected chi connectivity index (χ2v) is 6.69. The van der Waals surface area contributed by atoms with E-state index in [9.17, 15) is 4.79 Å². The topological polar surface area (TPSA) is 44.9 Å². The maximum absolute atomic E-state index is 12.1. The van der Waals surface area contributed by atoms with E-state index in [0.717, 1.165) is 28.8 Å². The molecule has 1 saturated carbocycles. The van der Waals surface area contributed by atoms with Gasteiger partial charge in [-0.25, -0.2) is 0 Å². The zero-order chi connectivity index (χ0) is 16.4. The number of fused-ring (bicyclic) bond motifs is 1. The van der Waals surface area contributed by atoms with E-state index in [4.69, 9.17) is 0 Å². The molecule has 1 aromatic heterocycles. The molecule has 0 bridgehead atoms. The van der Waals surface area contributed by atoms with E-state index in [1.54, 1.807) is 0 Å². The van der Waals surface area contributed by atoms with Gasteiger partial charge in [-0.15, -0.1) is 0 Å². The van der Waals surface area contributed by atoms with E-state index in [-0.39, 0.29) is 5.91 Å². The largest absolute Gasteiger partial charge is 0.361 e. The maximum Gasteiger partial charge on any atom is 0.224 e. The molecule has 2 aromatic carbocycles. The number of hydrogen-bond acceptors (Lipinski definition) is 1. The van der Waals surface area contributed by atoms with Crippen LogP contribution in [-0.4, -0.2) is 17.4 Å². The fourth-order valence-electron chi connectivity index (χ4n) is 3.18. The van der Waals surface area contributed by atoms with Crippen LogP contribution in [0.25, 0.3) is 10.9 Å². The summed E-state index contributed by atoms with van der Waals surface area (Å²) in [7, 11) is 0. The lowest BCUT2D eigenvalue weighted by Gasteiger charge is -2.07. The Balaban J connectivity index is 1.26. The van der Waals surface area contributed by atoms with Crippen molar-refractivity contribution in [3.63, 3.8) is 0 Å². The molecule has 1 aliphatic carbocycles. The summed E-state index contributed by atoms with van der Waals surface area (Å²) >= 11 is 0. The van der Waals surface area contributed by atoms with E-state index >= 15 is 0 Å². The van der Waals surface area contributed by atoms with E-state index in [2.05, 4.69) is 40.6 Å². The molecular formula is C21H22N2O. The first-order valence-electron chi connectivity index (χ1n) is 8.69. The Hall–Kier alpha value is -2.55. The van der Waals surface area contributed by atoms with Gasteiger partial charge in [0.1, 0.15) is 0 Å². The first kappa shape index (κ1) is 15.0. The van der Waals surface area contributed by atoms with Gasteiger partial charge in [-0.05, 0) is 65.5 Å². The highest BCUT2D eigenvalue weighted by Gasteiger charge is 2.22. The van der Waals surface area contributed by atoms with Gasteiger partial charge >= 0.3 is 0 Å². The van der Waals surface area contributed by atoms with Crippen LogP contribution >= 0.6 is 0 Å². The SMILES string of the molecule is O=C(Cc1ccc2[nH]ccc2c1)NCCc1ccc(C2CC2)cc1. The third-order valence-electron chi connectivity index (χ3n) is 4.75. The normalized spacial score (nSPS) is 14.0. The standard InChI is InChI=1S/C21H22N2O/c24-21(14-16-3-8-20-19(13-16)10-12-22-20)23-11-9-15-1-4-17(5-2-15)18-6-7-18/h1-5,8,10,12-13,18,22H,6-7,9,11,14H2,(H,23,24). The van der Waals surface area contributed by atoms with Crippen molar-refractivity contribution >= 4 is 16.8 Å². The van der Waals surface area contributed by atoms with Crippen molar-refractivity contribution in [1.82, 2.24) is 10.3 Å². The minimum atomic E-state index is 0.0829. The number of aromatic nitrogens is 1. The Morgan fingerprint density at radius 1 is 1.04 bits per heavy atom. The Bertz CT molecular complexity index is 844. The van der Waals surface area contributed by atoms with E-state index in [0.29, 0.717) is 13.0 Å². The number of rotatable bonds is 6. The van der Waals surface area contributed by atoms with E-state index in [1.807, 2.05) is 24.4 Å². The third-order valence-corrected chi connectivity index (χ3v) is 4.75. The smallest absolute Gasteiger partial charge is 0.224 e. The van der Waals surface area contributed by atoms with Gasteiger partial charge < -0.3 is 10.3 Å². The molecule has 1 fully saturated rings. The quantitative estimate of drug-likeness (QED) is 0.710. The molecule has 3 aromatic rings. The lowest BCUT2D eigenvalue weighted by atomic mass is 10.1. The van der Waals surface area contributed by atoms with Gasteiger partial charge in [-0.1, -0.05) is 30.3 Å². The van der Waals surface area contributed by atoms with Gasteiger partial charge in [-0.2, -0.15) is 0 Å². The minimum absolute atomic E-state index is 0.0829. The summed E-state index contributed by atoms with van der Waals surface area (Å²) in [4.78, 5) is 15.3.